The average Bonchev–Trinajstić information content (AvgIpc) is 2.85. The number of rotatable bonds is 3. The summed E-state index contributed by atoms with van der Waals surface area (Å²) in [6, 6.07) is 1.40. The lowest BCUT2D eigenvalue weighted by Crippen LogP contribution is -2.59. The van der Waals surface area contributed by atoms with Crippen molar-refractivity contribution in [2.24, 2.45) is 0 Å². The fourth-order valence-corrected chi connectivity index (χ4v) is 6.07. The van der Waals surface area contributed by atoms with Gasteiger partial charge >= 0.3 is 11.8 Å². The molecule has 0 spiro atoms. The third-order valence-corrected chi connectivity index (χ3v) is 8.60. The lowest BCUT2D eigenvalue weighted by atomic mass is 10.1. The Labute approximate surface area is 235 Å². The number of morpholine rings is 1. The van der Waals surface area contributed by atoms with Crippen LogP contribution in [0.15, 0.2) is 15.3 Å². The zero-order chi connectivity index (χ0) is 27.4. The molecule has 2 saturated heterocycles. The van der Waals surface area contributed by atoms with Gasteiger partial charge in [0.2, 0.25) is 0 Å². The lowest BCUT2D eigenvalue weighted by Gasteiger charge is -2.45. The number of amides is 1. The molecule has 0 aliphatic carbocycles. The van der Waals surface area contributed by atoms with Gasteiger partial charge in [0, 0.05) is 50.2 Å². The van der Waals surface area contributed by atoms with Crippen molar-refractivity contribution in [2.45, 2.75) is 58.3 Å². The molecule has 0 bridgehead atoms. The molecule has 0 radical (unpaired) electrons. The Kier molecular flexibility index (Phi) is 7.58. The number of halogens is 2. The second-order valence-corrected chi connectivity index (χ2v) is 12.5. The van der Waals surface area contributed by atoms with E-state index in [1.165, 1.54) is 0 Å². The maximum Gasteiger partial charge on any atom is 0.410 e. The molecule has 4 heterocycles. The van der Waals surface area contributed by atoms with Crippen molar-refractivity contribution in [1.82, 2.24) is 19.4 Å². The second-order valence-electron chi connectivity index (χ2n) is 11.3. The van der Waals surface area contributed by atoms with Crippen LogP contribution in [0.5, 0.6) is 5.75 Å². The maximum atomic E-state index is 13.7. The molecular weight excluding hydrogens is 578 g/mol. The number of nitrogens with zero attached hydrogens (tertiary/aromatic N) is 5. The molecule has 12 heteroatoms. The molecule has 0 unspecified atom stereocenters. The van der Waals surface area contributed by atoms with Crippen LogP contribution in [-0.2, 0) is 9.47 Å². The van der Waals surface area contributed by atoms with Crippen molar-refractivity contribution in [2.75, 3.05) is 57.4 Å². The minimum Gasteiger partial charge on any atom is -0.488 e. The van der Waals surface area contributed by atoms with Crippen molar-refractivity contribution in [1.29, 1.82) is 0 Å². The molecule has 3 atom stereocenters. The molecule has 0 saturated carbocycles. The molecule has 0 N–H and O–H groups in total. The SMILES string of the molecule is C[C@@H]1CN(c2nc(=O)n3c4c(c(Br)c(Cl)cc24)OC[C@H]3CN2CCOCC2)[C@@H](C)CN1C(=O)OC(C)(C)C. The predicted molar refractivity (Wildman–Crippen MR) is 150 cm³/mol. The van der Waals surface area contributed by atoms with Gasteiger partial charge in [-0.1, -0.05) is 11.6 Å². The molecule has 1 aromatic heterocycles. The monoisotopic (exact) mass is 611 g/mol. The number of carbonyl (C=O) groups is 1. The van der Waals surface area contributed by atoms with Gasteiger partial charge in [0.25, 0.3) is 0 Å². The molecule has 1 amide bonds. The first kappa shape index (κ1) is 27.5. The van der Waals surface area contributed by atoms with Crippen LogP contribution in [0, 0.1) is 0 Å². The van der Waals surface area contributed by atoms with Crippen molar-refractivity contribution in [3.05, 3.63) is 26.0 Å². The van der Waals surface area contributed by atoms with Crippen LogP contribution in [0.25, 0.3) is 10.9 Å². The van der Waals surface area contributed by atoms with E-state index in [-0.39, 0.29) is 29.9 Å². The number of carbonyl (C=O) groups excluding carboxylic acids is 1. The van der Waals surface area contributed by atoms with Crippen molar-refractivity contribution >= 4 is 50.3 Å². The Bertz CT molecular complexity index is 1290. The van der Waals surface area contributed by atoms with Crippen LogP contribution < -0.4 is 15.3 Å². The van der Waals surface area contributed by atoms with Gasteiger partial charge in [-0.2, -0.15) is 4.98 Å². The number of hydrogen-bond donors (Lipinski definition) is 0. The normalized spacial score (nSPS) is 24.4. The van der Waals surface area contributed by atoms with Gasteiger partial charge in [0.15, 0.2) is 5.75 Å². The van der Waals surface area contributed by atoms with E-state index in [9.17, 15) is 9.59 Å². The number of piperazine rings is 1. The number of ether oxygens (including phenoxy) is 3. The third kappa shape index (κ3) is 5.22. The number of anilines is 1. The van der Waals surface area contributed by atoms with Crippen LogP contribution in [-0.4, -0.2) is 95.7 Å². The smallest absolute Gasteiger partial charge is 0.410 e. The Morgan fingerprint density at radius 3 is 2.61 bits per heavy atom. The van der Waals surface area contributed by atoms with Gasteiger partial charge in [-0.05, 0) is 56.6 Å². The Morgan fingerprint density at radius 2 is 1.92 bits per heavy atom. The lowest BCUT2D eigenvalue weighted by molar-refractivity contribution is 0.0130. The summed E-state index contributed by atoms with van der Waals surface area (Å²) in [5, 5.41) is 1.24. The highest BCUT2D eigenvalue weighted by molar-refractivity contribution is 9.10. The molecule has 2 fully saturated rings. The summed E-state index contributed by atoms with van der Waals surface area (Å²) in [5.74, 6) is 1.11. The topological polar surface area (TPSA) is 89.4 Å². The highest BCUT2D eigenvalue weighted by Crippen LogP contribution is 2.44. The van der Waals surface area contributed by atoms with Crippen molar-refractivity contribution in [3.8, 4) is 5.75 Å². The molecule has 3 aliphatic rings. The maximum absolute atomic E-state index is 13.7. The van der Waals surface area contributed by atoms with Gasteiger partial charge in [-0.3, -0.25) is 9.47 Å². The molecule has 1 aromatic carbocycles. The van der Waals surface area contributed by atoms with E-state index in [1.54, 1.807) is 9.47 Å². The summed E-state index contributed by atoms with van der Waals surface area (Å²) in [7, 11) is 0. The largest absolute Gasteiger partial charge is 0.488 e. The zero-order valence-electron chi connectivity index (χ0n) is 22.5. The quantitative estimate of drug-likeness (QED) is 0.516. The fraction of sp³-hybridized carbons (Fsp3) is 0.654. The summed E-state index contributed by atoms with van der Waals surface area (Å²) < 4.78 is 19.7. The first-order chi connectivity index (χ1) is 17.9. The highest BCUT2D eigenvalue weighted by Gasteiger charge is 2.38. The number of benzene rings is 1. The molecule has 2 aromatic rings. The Balaban J connectivity index is 1.53. The minimum absolute atomic E-state index is 0.108. The molecule has 38 heavy (non-hydrogen) atoms. The van der Waals surface area contributed by atoms with E-state index in [4.69, 9.17) is 25.8 Å². The second kappa shape index (κ2) is 10.5. The molecule has 3 aliphatic heterocycles. The summed E-state index contributed by atoms with van der Waals surface area (Å²) in [6.45, 7) is 14.5. The Hall–Kier alpha value is -2.08. The summed E-state index contributed by atoms with van der Waals surface area (Å²) in [5.41, 5.74) is -0.208. The summed E-state index contributed by atoms with van der Waals surface area (Å²) >= 11 is 10.2. The van der Waals surface area contributed by atoms with Crippen LogP contribution >= 0.6 is 27.5 Å². The summed E-state index contributed by atoms with van der Waals surface area (Å²) in [6.07, 6.45) is -0.340. The highest BCUT2D eigenvalue weighted by atomic mass is 79.9. The van der Waals surface area contributed by atoms with Gasteiger partial charge in [0.1, 0.15) is 23.5 Å². The molecule has 208 valence electrons. The van der Waals surface area contributed by atoms with Crippen molar-refractivity contribution < 1.29 is 19.0 Å². The van der Waals surface area contributed by atoms with Crippen molar-refractivity contribution in [3.63, 3.8) is 0 Å². The van der Waals surface area contributed by atoms with E-state index in [2.05, 4.69) is 30.7 Å². The van der Waals surface area contributed by atoms with E-state index >= 15 is 0 Å². The number of hydrogen-bond acceptors (Lipinski definition) is 8. The molecule has 10 nitrogen and oxygen atoms in total. The van der Waals surface area contributed by atoms with E-state index in [0.717, 1.165) is 18.5 Å². The van der Waals surface area contributed by atoms with Crippen LogP contribution in [0.3, 0.4) is 0 Å². The van der Waals surface area contributed by atoms with Crippen LogP contribution in [0.2, 0.25) is 5.02 Å². The average molecular weight is 613 g/mol. The predicted octanol–water partition coefficient (Wildman–Crippen LogP) is 3.91. The van der Waals surface area contributed by atoms with Crippen LogP contribution in [0.1, 0.15) is 40.7 Å². The fourth-order valence-electron chi connectivity index (χ4n) is 5.46. The minimum atomic E-state index is -0.578. The standard InChI is InChI=1S/C26H35BrClN5O5/c1-15-12-32(25(35)38-26(3,4)5)16(2)11-31(15)23-18-10-19(28)20(27)22-21(18)33(24(34)29-23)17(14-37-22)13-30-6-8-36-9-7-30/h10,15-17H,6-9,11-14H2,1-5H3/t15-,16+,17+/m0/s1. The first-order valence-corrected chi connectivity index (χ1v) is 14.2. The van der Waals surface area contributed by atoms with Gasteiger partial charge in [-0.25, -0.2) is 9.59 Å². The summed E-state index contributed by atoms with van der Waals surface area (Å²) in [4.78, 5) is 37.3. The van der Waals surface area contributed by atoms with Gasteiger partial charge < -0.3 is 24.0 Å². The zero-order valence-corrected chi connectivity index (χ0v) is 24.8. The first-order valence-electron chi connectivity index (χ1n) is 13.1. The Morgan fingerprint density at radius 1 is 1.21 bits per heavy atom. The van der Waals surface area contributed by atoms with E-state index < -0.39 is 5.60 Å². The van der Waals surface area contributed by atoms with E-state index in [0.29, 0.717) is 66.0 Å². The van der Waals surface area contributed by atoms with Gasteiger partial charge in [-0.15, -0.1) is 0 Å². The van der Waals surface area contributed by atoms with E-state index in [1.807, 2.05) is 40.7 Å². The molecular formula is C26H35BrClN5O5. The molecule has 5 rings (SSSR count). The van der Waals surface area contributed by atoms with Crippen LogP contribution in [0.4, 0.5) is 10.6 Å². The third-order valence-electron chi connectivity index (χ3n) is 7.28. The number of aromatic nitrogens is 2. The van der Waals surface area contributed by atoms with Gasteiger partial charge in [0.05, 0.1) is 28.8 Å².